The second-order valence-electron chi connectivity index (χ2n) is 17.0. The molecule has 0 radical (unpaired) electrons. The molecule has 0 bridgehead atoms. The maximum atomic E-state index is 13.5. The molecule has 0 aliphatic carbocycles. The fourth-order valence-electron chi connectivity index (χ4n) is 9.35. The van der Waals surface area contributed by atoms with E-state index in [4.69, 9.17) is 33.3 Å². The number of methoxy groups -OCH3 is 2. The normalized spacial score (nSPS) is 16.9. The number of anilines is 1. The summed E-state index contributed by atoms with van der Waals surface area (Å²) in [4.78, 5) is 27.5. The Morgan fingerprint density at radius 2 is 1.24 bits per heavy atom. The van der Waals surface area contributed by atoms with E-state index in [1.165, 1.54) is 6.33 Å². The molecule has 1 amide bonds. The van der Waals surface area contributed by atoms with E-state index in [1.807, 2.05) is 89.1 Å². The van der Waals surface area contributed by atoms with Gasteiger partial charge in [-0.15, -0.1) is 0 Å². The fraction of sp³-hybridized carbons (Fsp3) is 0.138. The Morgan fingerprint density at radius 3 is 1.79 bits per heavy atom. The van der Waals surface area contributed by atoms with Gasteiger partial charge in [0.15, 0.2) is 0 Å². The summed E-state index contributed by atoms with van der Waals surface area (Å²) < 4.78 is 36.9. The van der Waals surface area contributed by atoms with Crippen LogP contribution >= 0.6 is 0 Å². The molecule has 3 atom stereocenters. The molecule has 1 aliphatic heterocycles. The van der Waals surface area contributed by atoms with E-state index in [0.29, 0.717) is 23.1 Å². The van der Waals surface area contributed by atoms with E-state index in [-0.39, 0.29) is 18.3 Å². The summed E-state index contributed by atoms with van der Waals surface area (Å²) in [7, 11) is 0.0325. The number of hydrogen-bond donors (Lipinski definition) is 1. The first-order valence-electron chi connectivity index (χ1n) is 23.2. The van der Waals surface area contributed by atoms with E-state index in [2.05, 4.69) is 126 Å². The van der Waals surface area contributed by atoms with Crippen LogP contribution < -0.4 is 29.6 Å². The molecule has 2 aromatic heterocycles. The van der Waals surface area contributed by atoms with E-state index in [9.17, 15) is 4.79 Å². The molecule has 1 saturated heterocycles. The first-order chi connectivity index (χ1) is 34.9. The first kappa shape index (κ1) is 47.2. The summed E-state index contributed by atoms with van der Waals surface area (Å²) in [6.45, 7) is 4.61. The van der Waals surface area contributed by atoms with Crippen molar-refractivity contribution < 1.29 is 28.2 Å². The third-order valence-electron chi connectivity index (χ3n) is 12.9. The SMILES string of the molecule is C=C[Si](O[C@H]1CC(n2cnc3c(NC(=O)c4ccccc4)ncnc32)O[C@]1(COC(c1ccccc1)(c1ccc(OC)cc1)c1ccc(OC)cc1)[Se]c1ccccc1)(c1ccccc1)c1ccccc1. The van der Waals surface area contributed by atoms with Gasteiger partial charge in [-0.3, -0.25) is 0 Å². The van der Waals surface area contributed by atoms with E-state index < -0.39 is 45.7 Å². The summed E-state index contributed by atoms with van der Waals surface area (Å²) in [5, 5.41) is 5.05. The van der Waals surface area contributed by atoms with Crippen LogP contribution in [0.25, 0.3) is 11.2 Å². The Kier molecular flexibility index (Phi) is 13.9. The summed E-state index contributed by atoms with van der Waals surface area (Å²) >= 11 is -0.467. The van der Waals surface area contributed by atoms with Gasteiger partial charge in [-0.1, -0.05) is 6.07 Å². The van der Waals surface area contributed by atoms with Crippen molar-refractivity contribution in [2.24, 2.45) is 0 Å². The zero-order valence-electron chi connectivity index (χ0n) is 39.2. The Labute approximate surface area is 420 Å². The van der Waals surface area contributed by atoms with Crippen LogP contribution in [0, 0.1) is 0 Å². The van der Waals surface area contributed by atoms with E-state index in [1.54, 1.807) is 32.7 Å². The van der Waals surface area contributed by atoms with Gasteiger partial charge in [0.1, 0.15) is 0 Å². The summed E-state index contributed by atoms with van der Waals surface area (Å²) in [5.41, 5.74) is 4.93. The molecule has 11 nitrogen and oxygen atoms in total. The number of aromatic nitrogens is 4. The molecule has 9 aromatic rings. The second-order valence-corrected chi connectivity index (χ2v) is 23.1. The van der Waals surface area contributed by atoms with Crippen molar-refractivity contribution in [2.75, 3.05) is 26.1 Å². The molecule has 354 valence electrons. The first-order valence-corrected chi connectivity index (χ1v) is 26.9. The molecule has 3 heterocycles. The van der Waals surface area contributed by atoms with E-state index in [0.717, 1.165) is 43.0 Å². The molecule has 1 N–H and O–H groups in total. The number of rotatable bonds is 18. The predicted molar refractivity (Wildman–Crippen MR) is 280 cm³/mol. The average molecular weight is 1020 g/mol. The van der Waals surface area contributed by atoms with Crippen molar-refractivity contribution >= 4 is 61.0 Å². The van der Waals surface area contributed by atoms with Crippen molar-refractivity contribution in [2.45, 2.75) is 28.9 Å². The minimum atomic E-state index is -3.30. The number of benzene rings is 7. The van der Waals surface area contributed by atoms with Gasteiger partial charge >= 0.3 is 416 Å². The molecule has 7 aromatic carbocycles. The monoisotopic (exact) mass is 1020 g/mol. The summed E-state index contributed by atoms with van der Waals surface area (Å²) in [5.74, 6) is 1.41. The molecule has 13 heteroatoms. The van der Waals surface area contributed by atoms with Crippen LogP contribution in [-0.4, -0.2) is 80.1 Å². The predicted octanol–water partition coefficient (Wildman–Crippen LogP) is 8.62. The molecule has 0 saturated carbocycles. The number of nitrogens with one attached hydrogen (secondary N) is 1. The van der Waals surface area contributed by atoms with E-state index >= 15 is 0 Å². The Balaban J connectivity index is 1.16. The summed E-state index contributed by atoms with van der Waals surface area (Å²) in [6, 6.07) is 66.5. The number of fused-ring (bicyclic) bond motifs is 1. The molecule has 1 aliphatic rings. The van der Waals surface area contributed by atoms with Gasteiger partial charge in [-0.05, 0) is 0 Å². The van der Waals surface area contributed by atoms with Gasteiger partial charge < -0.3 is 0 Å². The van der Waals surface area contributed by atoms with Gasteiger partial charge in [0, 0.05) is 0 Å². The molecular formula is C58H51N5O6SeSi. The van der Waals surface area contributed by atoms with Crippen LogP contribution in [-0.2, 0) is 19.5 Å². The number of amides is 1. The quantitative estimate of drug-likeness (QED) is 0.0666. The number of hydrogen-bond acceptors (Lipinski definition) is 9. The molecule has 0 spiro atoms. The van der Waals surface area contributed by atoms with Crippen LogP contribution in [0.1, 0.15) is 39.7 Å². The van der Waals surface area contributed by atoms with Gasteiger partial charge in [-0.2, -0.15) is 0 Å². The zero-order chi connectivity index (χ0) is 48.7. The molecule has 1 fully saturated rings. The number of imidazole rings is 1. The van der Waals surface area contributed by atoms with Crippen LogP contribution in [0.4, 0.5) is 5.82 Å². The van der Waals surface area contributed by atoms with Crippen LogP contribution in [0.3, 0.4) is 0 Å². The minimum absolute atomic E-state index is 0.0706. The second kappa shape index (κ2) is 20.9. The molecular weight excluding hydrogens is 970 g/mol. The summed E-state index contributed by atoms with van der Waals surface area (Å²) in [6.07, 6.45) is 2.26. The van der Waals surface area contributed by atoms with Gasteiger partial charge in [-0.25, -0.2) is 0 Å². The average Bonchev–Trinajstić information content (AvgIpc) is 4.04. The number of ether oxygens (including phenoxy) is 4. The van der Waals surface area contributed by atoms with Crippen LogP contribution in [0.2, 0.25) is 0 Å². The standard InChI is InChI=1S/C58H51N5O6SeSi/c1-4-71(49-26-16-8-17-27-49,50-28-18-9-19-29-50)69-51-38-52(63-41-61-53-54(59-40-60-55(53)63)62-56(64)42-20-10-5-11-21-42)68-57(51,70-48-24-14-7-15-25-48)39-67-58(43-22-12-6-13-23-43,44-30-34-46(65-2)35-31-44)45-32-36-47(66-3)37-33-45/h4-37,40-41,51-52H,1,38-39H2,2-3H3,(H,59,60,62,64)/t51-,52?,57+/m0/s1. The van der Waals surface area contributed by atoms with Crippen molar-refractivity contribution in [3.8, 4) is 11.5 Å². The van der Waals surface area contributed by atoms with Gasteiger partial charge in [0.05, 0.1) is 0 Å². The number of carbonyl (C=O) groups is 1. The van der Waals surface area contributed by atoms with Gasteiger partial charge in [0.2, 0.25) is 0 Å². The maximum absolute atomic E-state index is 13.5. The van der Waals surface area contributed by atoms with Crippen molar-refractivity contribution in [3.05, 3.63) is 247 Å². The third kappa shape index (κ3) is 9.35. The third-order valence-corrected chi connectivity index (χ3v) is 19.3. The molecule has 10 rings (SSSR count). The van der Waals surface area contributed by atoms with Crippen molar-refractivity contribution in [3.63, 3.8) is 0 Å². The number of nitrogens with zero attached hydrogens (tertiary/aromatic N) is 4. The van der Waals surface area contributed by atoms with Crippen molar-refractivity contribution in [1.82, 2.24) is 19.5 Å². The van der Waals surface area contributed by atoms with Crippen LogP contribution in [0.15, 0.2) is 225 Å². The Hall–Kier alpha value is -7.48. The van der Waals surface area contributed by atoms with Crippen LogP contribution in [0.5, 0.6) is 11.5 Å². The zero-order valence-corrected chi connectivity index (χ0v) is 41.9. The fourth-order valence-corrected chi connectivity index (χ4v) is 15.4. The topological polar surface area (TPSA) is 119 Å². The Morgan fingerprint density at radius 1 is 0.718 bits per heavy atom. The molecule has 1 unspecified atom stereocenters. The molecule has 71 heavy (non-hydrogen) atoms. The number of carbonyl (C=O) groups excluding carboxylic acids is 1. The Bertz CT molecular complexity index is 3120. The van der Waals surface area contributed by atoms with Crippen molar-refractivity contribution in [1.29, 1.82) is 0 Å². The van der Waals surface area contributed by atoms with Gasteiger partial charge in [0.25, 0.3) is 0 Å².